The highest BCUT2D eigenvalue weighted by Crippen LogP contribution is 2.32. The maximum Gasteiger partial charge on any atom is 0.272 e. The number of hydrogen-bond donors (Lipinski definition) is 1. The van der Waals surface area contributed by atoms with Gasteiger partial charge < -0.3 is 24.1 Å². The van der Waals surface area contributed by atoms with Crippen LogP contribution in [0.3, 0.4) is 0 Å². The van der Waals surface area contributed by atoms with Gasteiger partial charge in [-0.2, -0.15) is 5.26 Å². The molecule has 0 spiro atoms. The zero-order valence-electron chi connectivity index (χ0n) is 18.6. The summed E-state index contributed by atoms with van der Waals surface area (Å²) < 4.78 is 16.7. The Bertz CT molecular complexity index is 1250. The number of pyridine rings is 1. The summed E-state index contributed by atoms with van der Waals surface area (Å²) in [5.41, 5.74) is 1.89. The Morgan fingerprint density at radius 1 is 1.21 bits per heavy atom. The van der Waals surface area contributed by atoms with Crippen LogP contribution >= 0.6 is 11.6 Å². The number of fused-ring (bicyclic) bond motifs is 1. The number of hydrogen-bond acceptors (Lipinski definition) is 7. The second-order valence-electron chi connectivity index (χ2n) is 7.71. The Morgan fingerprint density at radius 3 is 2.73 bits per heavy atom. The summed E-state index contributed by atoms with van der Waals surface area (Å²) >= 11 is 6.35. The van der Waals surface area contributed by atoms with Gasteiger partial charge in [0.15, 0.2) is 0 Å². The van der Waals surface area contributed by atoms with Crippen molar-refractivity contribution >= 4 is 33.9 Å². The van der Waals surface area contributed by atoms with Gasteiger partial charge in [0.05, 0.1) is 31.4 Å². The first-order chi connectivity index (χ1) is 16.0. The molecule has 1 aliphatic rings. The highest BCUT2D eigenvalue weighted by molar-refractivity contribution is 6.31. The third kappa shape index (κ3) is 5.06. The van der Waals surface area contributed by atoms with Crippen LogP contribution in [0.5, 0.6) is 11.5 Å². The Hall–Kier alpha value is -3.25. The fourth-order valence-corrected chi connectivity index (χ4v) is 4.05. The smallest absolute Gasteiger partial charge is 0.272 e. The van der Waals surface area contributed by atoms with Crippen LogP contribution in [0, 0.1) is 11.3 Å². The SMILES string of the molecule is COc1cc(N(C)c2cc3cc(Cl)cc(OCCN4CCOCC4)c3[nH]c2=O)ccc1C#N. The van der Waals surface area contributed by atoms with E-state index in [4.69, 9.17) is 25.8 Å². The van der Waals surface area contributed by atoms with Crippen LogP contribution in [-0.4, -0.2) is 63.5 Å². The van der Waals surface area contributed by atoms with E-state index in [-0.39, 0.29) is 5.56 Å². The van der Waals surface area contributed by atoms with Crippen LogP contribution in [0.2, 0.25) is 5.02 Å². The Kier molecular flexibility index (Phi) is 7.04. The molecule has 0 unspecified atom stereocenters. The van der Waals surface area contributed by atoms with E-state index < -0.39 is 0 Å². The molecule has 2 heterocycles. The molecule has 1 N–H and O–H groups in total. The predicted molar refractivity (Wildman–Crippen MR) is 128 cm³/mol. The van der Waals surface area contributed by atoms with E-state index in [0.29, 0.717) is 45.6 Å². The van der Waals surface area contributed by atoms with E-state index >= 15 is 0 Å². The summed E-state index contributed by atoms with van der Waals surface area (Å²) in [4.78, 5) is 20.0. The number of rotatable bonds is 7. The van der Waals surface area contributed by atoms with Crippen LogP contribution in [0.15, 0.2) is 41.2 Å². The molecule has 1 fully saturated rings. The quantitative estimate of drug-likeness (QED) is 0.567. The minimum absolute atomic E-state index is 0.270. The van der Waals surface area contributed by atoms with Crippen molar-refractivity contribution < 1.29 is 14.2 Å². The number of H-pyrrole nitrogens is 1. The lowest BCUT2D eigenvalue weighted by molar-refractivity contribution is 0.0323. The molecule has 2 aromatic carbocycles. The van der Waals surface area contributed by atoms with E-state index in [2.05, 4.69) is 16.0 Å². The van der Waals surface area contributed by atoms with Gasteiger partial charge >= 0.3 is 0 Å². The molecule has 0 radical (unpaired) electrons. The third-order valence-electron chi connectivity index (χ3n) is 5.68. The van der Waals surface area contributed by atoms with Crippen LogP contribution in [0.25, 0.3) is 10.9 Å². The zero-order valence-corrected chi connectivity index (χ0v) is 19.3. The number of ether oxygens (including phenoxy) is 3. The molecular formula is C24H25ClN4O4. The number of methoxy groups -OCH3 is 1. The second kappa shape index (κ2) is 10.1. The second-order valence-corrected chi connectivity index (χ2v) is 8.15. The number of nitriles is 1. The Labute approximate surface area is 196 Å². The molecule has 172 valence electrons. The van der Waals surface area contributed by atoms with Crippen molar-refractivity contribution in [3.8, 4) is 17.6 Å². The molecule has 1 aliphatic heterocycles. The van der Waals surface area contributed by atoms with Crippen LogP contribution in [-0.2, 0) is 4.74 Å². The van der Waals surface area contributed by atoms with Crippen LogP contribution < -0.4 is 19.9 Å². The molecule has 1 saturated heterocycles. The first kappa shape index (κ1) is 22.9. The Balaban J connectivity index is 1.61. The molecule has 8 nitrogen and oxygen atoms in total. The summed E-state index contributed by atoms with van der Waals surface area (Å²) in [5.74, 6) is 0.982. The lowest BCUT2D eigenvalue weighted by Crippen LogP contribution is -2.38. The molecule has 3 aromatic rings. The lowest BCUT2D eigenvalue weighted by atomic mass is 10.1. The van der Waals surface area contributed by atoms with Crippen LogP contribution in [0.4, 0.5) is 11.4 Å². The maximum atomic E-state index is 13.0. The number of nitrogens with zero attached hydrogens (tertiary/aromatic N) is 3. The van der Waals surface area contributed by atoms with Crippen molar-refractivity contribution in [2.24, 2.45) is 0 Å². The molecule has 1 aromatic heterocycles. The number of nitrogens with one attached hydrogen (secondary N) is 1. The van der Waals surface area contributed by atoms with E-state index in [1.165, 1.54) is 7.11 Å². The molecule has 0 bridgehead atoms. The van der Waals surface area contributed by atoms with Gasteiger partial charge in [0, 0.05) is 54.9 Å². The van der Waals surface area contributed by atoms with Gasteiger partial charge in [-0.25, -0.2) is 0 Å². The molecule has 4 rings (SSSR count). The normalized spacial score (nSPS) is 14.1. The monoisotopic (exact) mass is 468 g/mol. The molecule has 0 amide bonds. The predicted octanol–water partition coefficient (Wildman–Crippen LogP) is 3.54. The molecule has 0 atom stereocenters. The average molecular weight is 469 g/mol. The van der Waals surface area contributed by atoms with E-state index in [9.17, 15) is 10.1 Å². The fourth-order valence-electron chi connectivity index (χ4n) is 3.83. The Morgan fingerprint density at radius 2 is 2.00 bits per heavy atom. The topological polar surface area (TPSA) is 90.8 Å². The van der Waals surface area contributed by atoms with E-state index in [0.717, 1.165) is 38.2 Å². The van der Waals surface area contributed by atoms with Gasteiger partial charge in [0.25, 0.3) is 5.56 Å². The largest absolute Gasteiger partial charge is 0.495 e. The summed E-state index contributed by atoms with van der Waals surface area (Å²) in [6, 6.07) is 12.5. The van der Waals surface area contributed by atoms with Gasteiger partial charge in [-0.3, -0.25) is 9.69 Å². The number of aromatic amines is 1. The van der Waals surface area contributed by atoms with Crippen molar-refractivity contribution in [1.29, 1.82) is 5.26 Å². The average Bonchev–Trinajstić information content (AvgIpc) is 2.83. The van der Waals surface area contributed by atoms with Gasteiger partial charge in [-0.15, -0.1) is 0 Å². The first-order valence-corrected chi connectivity index (χ1v) is 11.0. The summed E-state index contributed by atoms with van der Waals surface area (Å²) in [5, 5.41) is 10.5. The third-order valence-corrected chi connectivity index (χ3v) is 5.90. The van der Waals surface area contributed by atoms with Gasteiger partial charge in [0.1, 0.15) is 29.9 Å². The maximum absolute atomic E-state index is 13.0. The van der Waals surface area contributed by atoms with E-state index in [1.807, 2.05) is 0 Å². The van der Waals surface area contributed by atoms with Crippen molar-refractivity contribution in [3.05, 3.63) is 57.3 Å². The number of halogens is 1. The molecule has 0 saturated carbocycles. The molecular weight excluding hydrogens is 444 g/mol. The summed E-state index contributed by atoms with van der Waals surface area (Å²) in [6.45, 7) is 4.47. The van der Waals surface area contributed by atoms with E-state index in [1.54, 1.807) is 48.3 Å². The first-order valence-electron chi connectivity index (χ1n) is 10.6. The van der Waals surface area contributed by atoms with Crippen molar-refractivity contribution in [2.45, 2.75) is 0 Å². The fraction of sp³-hybridized carbons (Fsp3) is 0.333. The number of morpholine rings is 1. The van der Waals surface area contributed by atoms with Gasteiger partial charge in [0.2, 0.25) is 0 Å². The highest BCUT2D eigenvalue weighted by Gasteiger charge is 2.16. The molecule has 0 aliphatic carbocycles. The minimum atomic E-state index is -0.270. The van der Waals surface area contributed by atoms with Gasteiger partial charge in [-0.05, 0) is 24.3 Å². The molecule has 33 heavy (non-hydrogen) atoms. The van der Waals surface area contributed by atoms with Gasteiger partial charge in [-0.1, -0.05) is 11.6 Å². The highest BCUT2D eigenvalue weighted by atomic mass is 35.5. The lowest BCUT2D eigenvalue weighted by Gasteiger charge is -2.26. The van der Waals surface area contributed by atoms with Crippen molar-refractivity contribution in [3.63, 3.8) is 0 Å². The molecule has 9 heteroatoms. The number of aromatic nitrogens is 1. The van der Waals surface area contributed by atoms with Crippen molar-refractivity contribution in [1.82, 2.24) is 9.88 Å². The zero-order chi connectivity index (χ0) is 23.4. The minimum Gasteiger partial charge on any atom is -0.495 e. The summed E-state index contributed by atoms with van der Waals surface area (Å²) in [6.07, 6.45) is 0. The standard InChI is InChI=1S/C24H25ClN4O4/c1-28(19-4-3-16(15-26)21(14-19)31-2)20-12-17-11-18(25)13-22(23(17)27-24(20)30)33-10-7-29-5-8-32-9-6-29/h3-4,11-14H,5-10H2,1-2H3,(H,27,30). The number of benzene rings is 2. The van der Waals surface area contributed by atoms with Crippen LogP contribution in [0.1, 0.15) is 5.56 Å². The van der Waals surface area contributed by atoms with Crippen molar-refractivity contribution in [2.75, 3.05) is 58.5 Å². The number of anilines is 2. The summed E-state index contributed by atoms with van der Waals surface area (Å²) in [7, 11) is 3.28.